The van der Waals surface area contributed by atoms with Crippen molar-refractivity contribution in [3.8, 4) is 0 Å². The number of anilines is 2. The number of rotatable bonds is 19. The van der Waals surface area contributed by atoms with Gasteiger partial charge < -0.3 is 39.3 Å². The highest BCUT2D eigenvalue weighted by Gasteiger charge is 2.75. The molecule has 12 heteroatoms. The standard InChI is InChI=1S/C40H52N4O8/c1-6-10-16-32(46)41-30(26-50-5)35(27-14-12-11-13-15-27)51-39(49)33-31-21-22-40(52-31)34(33)37(47)44(24-25-45)36(40)38(48)43(23-7-2)29-19-17-28(18-20-29)42(8-3)9-4/h6-7,11-15,17-20,30-31,33-36,45H,1-2,8-10,16,21-26H2,3-5H3,(H,41,46)/t30-,31+,33-,34-,35-,36+,40-/m0/s1. The lowest BCUT2D eigenvalue weighted by atomic mass is 9.70. The number of methoxy groups -OCH3 is 1. The quantitative estimate of drug-likeness (QED) is 0.164. The number of nitrogens with one attached hydrogen (secondary N) is 1. The number of hydrogen-bond acceptors (Lipinski definition) is 9. The van der Waals surface area contributed by atoms with E-state index in [1.807, 2.05) is 42.5 Å². The molecule has 0 aliphatic carbocycles. The van der Waals surface area contributed by atoms with Gasteiger partial charge in [0.2, 0.25) is 11.8 Å². The first-order chi connectivity index (χ1) is 25.2. The fraction of sp³-hybridized carbons (Fsp3) is 0.500. The second-order valence-electron chi connectivity index (χ2n) is 13.5. The van der Waals surface area contributed by atoms with Crippen LogP contribution in [0.4, 0.5) is 11.4 Å². The predicted octanol–water partition coefficient (Wildman–Crippen LogP) is 3.80. The highest BCUT2D eigenvalue weighted by atomic mass is 16.6. The Morgan fingerprint density at radius 3 is 2.38 bits per heavy atom. The second-order valence-corrected chi connectivity index (χ2v) is 13.5. The van der Waals surface area contributed by atoms with E-state index in [4.69, 9.17) is 14.2 Å². The number of carbonyl (C=O) groups is 4. The number of esters is 1. The normalized spacial score (nSPS) is 24.2. The SMILES string of the molecule is C=CCCC(=O)N[C@@H](COC)[C@@H](OC(=O)[C@@H]1[C@H]2C(=O)N(CCO)[C@H](C(=O)N(CC=C)c3ccc(N(CC)CC)cc3)[C@]23CC[C@H]1O3)c1ccccc1. The summed E-state index contributed by atoms with van der Waals surface area (Å²) in [5, 5.41) is 13.0. The summed E-state index contributed by atoms with van der Waals surface area (Å²) < 4.78 is 18.3. The third-order valence-electron chi connectivity index (χ3n) is 10.5. The highest BCUT2D eigenvalue weighted by Crippen LogP contribution is 2.59. The molecule has 0 saturated carbocycles. The third-order valence-corrected chi connectivity index (χ3v) is 10.5. The molecule has 5 rings (SSSR count). The predicted molar refractivity (Wildman–Crippen MR) is 197 cm³/mol. The van der Waals surface area contributed by atoms with Crippen molar-refractivity contribution < 1.29 is 38.5 Å². The van der Waals surface area contributed by atoms with Crippen LogP contribution in [0.2, 0.25) is 0 Å². The van der Waals surface area contributed by atoms with E-state index >= 15 is 0 Å². The minimum Gasteiger partial charge on any atom is -0.455 e. The molecule has 3 aliphatic rings. The van der Waals surface area contributed by atoms with Crippen molar-refractivity contribution in [1.29, 1.82) is 0 Å². The molecule has 12 nitrogen and oxygen atoms in total. The van der Waals surface area contributed by atoms with Crippen LogP contribution in [0.25, 0.3) is 0 Å². The zero-order valence-corrected chi connectivity index (χ0v) is 30.4. The Labute approximate surface area is 306 Å². The summed E-state index contributed by atoms with van der Waals surface area (Å²) in [6, 6.07) is 14.9. The van der Waals surface area contributed by atoms with Gasteiger partial charge in [-0.3, -0.25) is 19.2 Å². The Bertz CT molecular complexity index is 1580. The molecular formula is C40H52N4O8. The maximum atomic E-state index is 14.7. The number of allylic oxidation sites excluding steroid dienone is 1. The lowest BCUT2D eigenvalue weighted by Crippen LogP contribution is -2.56. The van der Waals surface area contributed by atoms with Crippen LogP contribution >= 0.6 is 0 Å². The number of nitrogens with zero attached hydrogens (tertiary/aromatic N) is 3. The van der Waals surface area contributed by atoms with Gasteiger partial charge in [0.15, 0.2) is 0 Å². The summed E-state index contributed by atoms with van der Waals surface area (Å²) in [7, 11) is 1.50. The van der Waals surface area contributed by atoms with Gasteiger partial charge in [-0.1, -0.05) is 42.5 Å². The zero-order chi connectivity index (χ0) is 37.4. The van der Waals surface area contributed by atoms with Crippen LogP contribution in [0, 0.1) is 11.8 Å². The maximum Gasteiger partial charge on any atom is 0.313 e. The summed E-state index contributed by atoms with van der Waals surface area (Å²) >= 11 is 0. The number of amides is 3. The lowest BCUT2D eigenvalue weighted by molar-refractivity contribution is -0.163. The maximum absolute atomic E-state index is 14.7. The van der Waals surface area contributed by atoms with Gasteiger partial charge in [0.25, 0.3) is 5.91 Å². The minimum absolute atomic E-state index is 0.0550. The van der Waals surface area contributed by atoms with E-state index in [2.05, 4.69) is 37.2 Å². The van der Waals surface area contributed by atoms with Crippen molar-refractivity contribution in [3.05, 3.63) is 85.5 Å². The van der Waals surface area contributed by atoms with Crippen LogP contribution in [0.5, 0.6) is 0 Å². The number of ether oxygens (including phenoxy) is 3. The van der Waals surface area contributed by atoms with Crippen LogP contribution in [-0.2, 0) is 33.4 Å². The molecule has 0 aromatic heterocycles. The number of aliphatic hydroxyl groups excluding tert-OH is 1. The van der Waals surface area contributed by atoms with Gasteiger partial charge in [-0.05, 0) is 62.9 Å². The third kappa shape index (κ3) is 7.51. The first kappa shape index (κ1) is 38.7. The van der Waals surface area contributed by atoms with E-state index in [1.165, 1.54) is 12.0 Å². The molecule has 2 aromatic rings. The van der Waals surface area contributed by atoms with E-state index in [0.717, 1.165) is 18.8 Å². The van der Waals surface area contributed by atoms with Gasteiger partial charge in [-0.25, -0.2) is 0 Å². The van der Waals surface area contributed by atoms with E-state index in [1.54, 1.807) is 29.2 Å². The Morgan fingerprint density at radius 2 is 1.77 bits per heavy atom. The molecule has 2 N–H and O–H groups in total. The molecule has 3 heterocycles. The molecule has 3 saturated heterocycles. The van der Waals surface area contributed by atoms with Crippen LogP contribution in [0.1, 0.15) is 51.2 Å². The zero-order valence-electron chi connectivity index (χ0n) is 30.4. The first-order valence-corrected chi connectivity index (χ1v) is 18.2. The largest absolute Gasteiger partial charge is 0.455 e. The van der Waals surface area contributed by atoms with Crippen LogP contribution in [-0.4, -0.2) is 104 Å². The number of carbonyl (C=O) groups excluding carboxylic acids is 4. The number of aliphatic hydroxyl groups is 1. The molecule has 7 atom stereocenters. The fourth-order valence-electron chi connectivity index (χ4n) is 8.21. The van der Waals surface area contributed by atoms with Gasteiger partial charge in [0, 0.05) is 51.1 Å². The van der Waals surface area contributed by atoms with Crippen molar-refractivity contribution in [3.63, 3.8) is 0 Å². The number of likely N-dealkylation sites (tertiary alicyclic amines) is 1. The van der Waals surface area contributed by atoms with Gasteiger partial charge in [0.1, 0.15) is 17.7 Å². The van der Waals surface area contributed by atoms with Gasteiger partial charge in [0.05, 0.1) is 37.2 Å². The Hall–Kier alpha value is -4.52. The van der Waals surface area contributed by atoms with Crippen LogP contribution in [0.15, 0.2) is 79.9 Å². The summed E-state index contributed by atoms with van der Waals surface area (Å²) in [4.78, 5) is 61.5. The summed E-state index contributed by atoms with van der Waals surface area (Å²) in [5.41, 5.74) is 0.991. The van der Waals surface area contributed by atoms with E-state index in [0.29, 0.717) is 30.5 Å². The molecule has 3 aliphatic heterocycles. The van der Waals surface area contributed by atoms with E-state index in [9.17, 15) is 24.3 Å². The summed E-state index contributed by atoms with van der Waals surface area (Å²) in [6.45, 7) is 13.1. The molecular weight excluding hydrogens is 664 g/mol. The van der Waals surface area contributed by atoms with Crippen molar-refractivity contribution in [2.24, 2.45) is 11.8 Å². The molecule has 280 valence electrons. The van der Waals surface area contributed by atoms with Crippen LogP contribution < -0.4 is 15.1 Å². The van der Waals surface area contributed by atoms with E-state index < -0.39 is 53.6 Å². The van der Waals surface area contributed by atoms with Crippen molar-refractivity contribution >= 4 is 35.1 Å². The first-order valence-electron chi connectivity index (χ1n) is 18.2. The molecule has 3 fully saturated rings. The van der Waals surface area contributed by atoms with Crippen molar-refractivity contribution in [1.82, 2.24) is 10.2 Å². The fourth-order valence-corrected chi connectivity index (χ4v) is 8.21. The van der Waals surface area contributed by atoms with Crippen LogP contribution in [0.3, 0.4) is 0 Å². The number of hydrogen-bond donors (Lipinski definition) is 2. The molecule has 2 aromatic carbocycles. The molecule has 2 bridgehead atoms. The molecule has 52 heavy (non-hydrogen) atoms. The van der Waals surface area contributed by atoms with Crippen molar-refractivity contribution in [2.45, 2.75) is 69.4 Å². The lowest BCUT2D eigenvalue weighted by Gasteiger charge is -2.36. The second kappa shape index (κ2) is 17.3. The van der Waals surface area contributed by atoms with Crippen molar-refractivity contribution in [2.75, 3.05) is 56.3 Å². The smallest absolute Gasteiger partial charge is 0.313 e. The topological polar surface area (TPSA) is 138 Å². The summed E-state index contributed by atoms with van der Waals surface area (Å²) in [6.07, 6.45) is 3.18. The number of β-amino-alcohol motifs (C(OH)–C–C–N with tert-alkyl or cyclic N) is 1. The monoisotopic (exact) mass is 716 g/mol. The molecule has 3 amide bonds. The summed E-state index contributed by atoms with van der Waals surface area (Å²) in [5.74, 6) is -3.73. The molecule has 0 radical (unpaired) electrons. The molecule has 1 spiro atoms. The number of benzene rings is 2. The van der Waals surface area contributed by atoms with Gasteiger partial charge in [-0.2, -0.15) is 0 Å². The molecule has 0 unspecified atom stereocenters. The minimum atomic E-state index is -1.30. The average Bonchev–Trinajstić information content (AvgIpc) is 3.80. The Morgan fingerprint density at radius 1 is 1.08 bits per heavy atom. The Kier molecular flexibility index (Phi) is 12.9. The highest BCUT2D eigenvalue weighted by molar-refractivity contribution is 6.04. The van der Waals surface area contributed by atoms with E-state index in [-0.39, 0.29) is 44.5 Å². The van der Waals surface area contributed by atoms with Gasteiger partial charge in [-0.15, -0.1) is 13.2 Å². The Balaban J connectivity index is 1.46. The number of fused-ring (bicyclic) bond motifs is 1. The average molecular weight is 717 g/mol. The van der Waals surface area contributed by atoms with Gasteiger partial charge >= 0.3 is 5.97 Å².